The first-order valence-electron chi connectivity index (χ1n) is 10.6. The maximum absolute atomic E-state index is 11.2. The van der Waals surface area contributed by atoms with Crippen molar-refractivity contribution in [1.29, 1.82) is 0 Å². The largest absolute Gasteiger partial charge is 0.508 e. The van der Waals surface area contributed by atoms with Crippen molar-refractivity contribution in [3.05, 3.63) is 29.3 Å². The van der Waals surface area contributed by atoms with Crippen molar-refractivity contribution in [1.82, 2.24) is 16.0 Å². The number of rotatable bonds is 8. The van der Waals surface area contributed by atoms with Gasteiger partial charge in [0.1, 0.15) is 5.75 Å². The van der Waals surface area contributed by atoms with E-state index in [2.05, 4.69) is 28.9 Å². The molecule has 2 aliphatic rings. The first-order valence-corrected chi connectivity index (χ1v) is 11.7. The smallest absolute Gasteiger partial charge is 0.315 e. The van der Waals surface area contributed by atoms with Crippen LogP contribution in [-0.2, 0) is 11.2 Å². The van der Waals surface area contributed by atoms with E-state index in [0.717, 1.165) is 37.0 Å². The minimum Gasteiger partial charge on any atom is -0.508 e. The second-order valence-corrected chi connectivity index (χ2v) is 9.04. The maximum Gasteiger partial charge on any atom is 0.315 e. The molecule has 0 aromatic heterocycles. The summed E-state index contributed by atoms with van der Waals surface area (Å²) in [5.41, 5.74) is 2.30. The molecule has 1 aromatic rings. The number of urea groups is 1. The number of phenols is 1. The average Bonchev–Trinajstić information content (AvgIpc) is 3.25. The van der Waals surface area contributed by atoms with Gasteiger partial charge in [-0.2, -0.15) is 11.8 Å². The molecule has 0 radical (unpaired) electrons. The molecule has 1 aromatic carbocycles. The van der Waals surface area contributed by atoms with E-state index in [1.54, 1.807) is 13.1 Å². The highest BCUT2D eigenvalue weighted by atomic mass is 32.2. The van der Waals surface area contributed by atoms with Gasteiger partial charge in [-0.05, 0) is 49.8 Å². The molecule has 170 valence electrons. The number of aryl methyl sites for hydroxylation is 2. The van der Waals surface area contributed by atoms with Crippen molar-refractivity contribution in [2.24, 2.45) is 0 Å². The van der Waals surface area contributed by atoms with E-state index in [0.29, 0.717) is 23.5 Å². The minimum atomic E-state index is -0.0318. The first-order chi connectivity index (χ1) is 13.9. The number of unbranched alkanes of at least 4 members (excludes halogenated alkanes) is 2. The maximum atomic E-state index is 11.2. The van der Waals surface area contributed by atoms with Crippen LogP contribution < -0.4 is 16.0 Å². The van der Waals surface area contributed by atoms with E-state index >= 15 is 0 Å². The van der Waals surface area contributed by atoms with Crippen molar-refractivity contribution in [2.75, 3.05) is 12.8 Å². The van der Waals surface area contributed by atoms with Gasteiger partial charge in [0.15, 0.2) is 0 Å². The summed E-state index contributed by atoms with van der Waals surface area (Å²) < 4.78 is 0. The van der Waals surface area contributed by atoms with Gasteiger partial charge in [0, 0.05) is 24.5 Å². The summed E-state index contributed by atoms with van der Waals surface area (Å²) in [5, 5.41) is 18.3. The molecule has 30 heavy (non-hydrogen) atoms. The quantitative estimate of drug-likeness (QED) is 0.363. The third-order valence-corrected chi connectivity index (χ3v) is 6.95. The lowest BCUT2D eigenvalue weighted by molar-refractivity contribution is -0.120. The molecule has 2 fully saturated rings. The molecule has 2 heterocycles. The van der Waals surface area contributed by atoms with Crippen LogP contribution in [-0.4, -0.2) is 47.2 Å². The van der Waals surface area contributed by atoms with Crippen molar-refractivity contribution >= 4 is 23.7 Å². The summed E-state index contributed by atoms with van der Waals surface area (Å²) >= 11 is 1.92. The lowest BCUT2D eigenvalue weighted by Gasteiger charge is -2.16. The molecule has 0 saturated carbocycles. The molecule has 0 spiro atoms. The molecule has 0 aliphatic carbocycles. The fourth-order valence-corrected chi connectivity index (χ4v) is 5.20. The molecular weight excluding hydrogens is 398 g/mol. The summed E-state index contributed by atoms with van der Waals surface area (Å²) in [4.78, 5) is 22.2. The van der Waals surface area contributed by atoms with Gasteiger partial charge in [-0.15, -0.1) is 0 Å². The average molecular weight is 438 g/mol. The van der Waals surface area contributed by atoms with E-state index in [9.17, 15) is 14.7 Å². The van der Waals surface area contributed by atoms with Crippen LogP contribution >= 0.6 is 11.8 Å². The molecule has 3 rings (SSSR count). The molecule has 3 unspecified atom stereocenters. The van der Waals surface area contributed by atoms with Gasteiger partial charge in [-0.1, -0.05) is 39.3 Å². The Kier molecular flexibility index (Phi) is 11.7. The van der Waals surface area contributed by atoms with E-state index in [4.69, 9.17) is 0 Å². The third kappa shape index (κ3) is 8.09. The van der Waals surface area contributed by atoms with Crippen LogP contribution in [0, 0.1) is 6.92 Å². The number of carbonyl (C=O) groups is 2. The minimum absolute atomic E-state index is 0. The zero-order valence-electron chi connectivity index (χ0n) is 17.8. The van der Waals surface area contributed by atoms with Gasteiger partial charge in [0.05, 0.1) is 12.1 Å². The number of nitrogens with one attached hydrogen (secondary N) is 3. The predicted molar refractivity (Wildman–Crippen MR) is 126 cm³/mol. The van der Waals surface area contributed by atoms with Crippen LogP contribution in [0.25, 0.3) is 0 Å². The number of amides is 3. The summed E-state index contributed by atoms with van der Waals surface area (Å²) in [6.07, 6.45) is 7.22. The van der Waals surface area contributed by atoms with Crippen molar-refractivity contribution < 1.29 is 14.7 Å². The van der Waals surface area contributed by atoms with Crippen LogP contribution in [0.2, 0.25) is 0 Å². The van der Waals surface area contributed by atoms with E-state index < -0.39 is 0 Å². The fourth-order valence-electron chi connectivity index (χ4n) is 3.65. The zero-order chi connectivity index (χ0) is 21.2. The first kappa shape index (κ1) is 26.1. The Morgan fingerprint density at radius 3 is 2.70 bits per heavy atom. The van der Waals surface area contributed by atoms with Crippen molar-refractivity contribution in [3.63, 3.8) is 0 Å². The molecule has 3 amide bonds. The number of benzene rings is 1. The number of phenolic OH excluding ortho intramolecular Hbond substituents is 1. The van der Waals surface area contributed by atoms with Gasteiger partial charge in [-0.3, -0.25) is 4.79 Å². The second kappa shape index (κ2) is 13.4. The Morgan fingerprint density at radius 1 is 1.27 bits per heavy atom. The van der Waals surface area contributed by atoms with Crippen LogP contribution in [0.1, 0.15) is 64.0 Å². The molecule has 6 nitrogen and oxygen atoms in total. The molecule has 2 saturated heterocycles. The molecule has 4 N–H and O–H groups in total. The second-order valence-electron chi connectivity index (χ2n) is 7.77. The Morgan fingerprint density at radius 2 is 2.03 bits per heavy atom. The van der Waals surface area contributed by atoms with E-state index in [1.807, 2.05) is 24.8 Å². The zero-order valence-corrected chi connectivity index (χ0v) is 18.6. The highest BCUT2D eigenvalue weighted by molar-refractivity contribution is 8.00. The summed E-state index contributed by atoms with van der Waals surface area (Å²) in [6, 6.07) is 6.39. The SMILES string of the molecule is C.CCCCc1ccc(O)c(C)c1.CNC(=O)CCCCC1SCC2NC(=O)NC21. The summed E-state index contributed by atoms with van der Waals surface area (Å²) in [5.74, 6) is 1.51. The summed E-state index contributed by atoms with van der Waals surface area (Å²) in [7, 11) is 1.67. The Balaban J connectivity index is 0.000000308. The topological polar surface area (TPSA) is 90.5 Å². The van der Waals surface area contributed by atoms with Crippen molar-refractivity contribution in [3.8, 4) is 5.75 Å². The number of hydrogen-bond donors (Lipinski definition) is 4. The Bertz CT molecular complexity index is 684. The van der Waals surface area contributed by atoms with Gasteiger partial charge >= 0.3 is 6.03 Å². The fraction of sp³-hybridized carbons (Fsp3) is 0.652. The van der Waals surface area contributed by atoms with Gasteiger partial charge in [0.25, 0.3) is 0 Å². The number of thioether (sulfide) groups is 1. The molecule has 0 bridgehead atoms. The Hall–Kier alpha value is -1.89. The van der Waals surface area contributed by atoms with Gasteiger partial charge in [0.2, 0.25) is 5.91 Å². The predicted octanol–water partition coefficient (Wildman–Crippen LogP) is 4.14. The highest BCUT2D eigenvalue weighted by Crippen LogP contribution is 2.33. The molecule has 7 heteroatoms. The molecular formula is C23H39N3O3S. The van der Waals surface area contributed by atoms with Gasteiger partial charge in [-0.25, -0.2) is 4.79 Å². The monoisotopic (exact) mass is 437 g/mol. The van der Waals surface area contributed by atoms with Crippen molar-refractivity contribution in [2.45, 2.75) is 83.6 Å². The lowest BCUT2D eigenvalue weighted by Crippen LogP contribution is -2.36. The van der Waals surface area contributed by atoms with E-state index in [-0.39, 0.29) is 25.4 Å². The lowest BCUT2D eigenvalue weighted by atomic mass is 10.0. The number of hydrogen-bond acceptors (Lipinski definition) is 4. The number of carbonyl (C=O) groups excluding carboxylic acids is 2. The van der Waals surface area contributed by atoms with E-state index in [1.165, 1.54) is 18.4 Å². The third-order valence-electron chi connectivity index (χ3n) is 5.44. The summed E-state index contributed by atoms with van der Waals surface area (Å²) in [6.45, 7) is 4.12. The van der Waals surface area contributed by atoms with Crippen LogP contribution in [0.3, 0.4) is 0 Å². The van der Waals surface area contributed by atoms with Crippen LogP contribution in [0.4, 0.5) is 4.79 Å². The molecule has 3 atom stereocenters. The normalized spacial score (nSPS) is 21.4. The number of aromatic hydroxyl groups is 1. The Labute approximate surface area is 186 Å². The highest BCUT2D eigenvalue weighted by Gasteiger charge is 2.42. The number of fused-ring (bicyclic) bond motifs is 1. The van der Waals surface area contributed by atoms with Crippen LogP contribution in [0.5, 0.6) is 5.75 Å². The standard InChI is InChI=1S/C11H19N3O2S.C11H16O.CH4/c1-12-9(15)5-3-2-4-8-10-7(6-17-8)13-11(16)14-10;1-3-4-5-10-6-7-11(12)9(2)8-10;/h7-8,10H,2-6H2,1H3,(H,12,15)(H2,13,14,16);6-8,12H,3-5H2,1-2H3;1H4. The molecule has 2 aliphatic heterocycles. The van der Waals surface area contributed by atoms with Gasteiger partial charge < -0.3 is 21.1 Å². The van der Waals surface area contributed by atoms with Crippen LogP contribution in [0.15, 0.2) is 18.2 Å².